The summed E-state index contributed by atoms with van der Waals surface area (Å²) in [5.41, 5.74) is 1.04. The fraction of sp³-hybridized carbons (Fsp3) is 0.636. The van der Waals surface area contributed by atoms with E-state index in [1.807, 2.05) is 0 Å². The fourth-order valence-corrected chi connectivity index (χ4v) is 1.21. The number of carbonyl (C=O) groups excluding carboxylic acids is 1. The van der Waals surface area contributed by atoms with Gasteiger partial charge in [-0.3, -0.25) is 9.89 Å². The van der Waals surface area contributed by atoms with Gasteiger partial charge in [0.15, 0.2) is 0 Å². The lowest BCUT2D eigenvalue weighted by molar-refractivity contribution is -0.121. The van der Waals surface area contributed by atoms with Gasteiger partial charge in [0.2, 0.25) is 5.91 Å². The Morgan fingerprint density at radius 1 is 1.50 bits per heavy atom. The van der Waals surface area contributed by atoms with Crippen molar-refractivity contribution in [3.8, 4) is 0 Å². The summed E-state index contributed by atoms with van der Waals surface area (Å²) < 4.78 is 0. The molecule has 16 heavy (non-hydrogen) atoms. The zero-order valence-corrected chi connectivity index (χ0v) is 10.1. The van der Waals surface area contributed by atoms with Crippen LogP contribution in [-0.2, 0) is 11.3 Å². The van der Waals surface area contributed by atoms with Crippen molar-refractivity contribution in [2.45, 2.75) is 39.3 Å². The quantitative estimate of drug-likeness (QED) is 0.693. The van der Waals surface area contributed by atoms with Gasteiger partial charge in [-0.2, -0.15) is 5.10 Å². The fourth-order valence-electron chi connectivity index (χ4n) is 1.21. The lowest BCUT2D eigenvalue weighted by Crippen LogP contribution is -2.38. The maximum atomic E-state index is 11.4. The molecule has 1 amide bonds. The third-order valence-corrected chi connectivity index (χ3v) is 2.05. The normalized spacial score (nSPS) is 11.4. The number of aromatic nitrogens is 2. The summed E-state index contributed by atoms with van der Waals surface area (Å²) in [6, 6.07) is 0. The number of carbonyl (C=O) groups is 1. The van der Waals surface area contributed by atoms with Crippen molar-refractivity contribution in [1.29, 1.82) is 0 Å². The van der Waals surface area contributed by atoms with Crippen LogP contribution < -0.4 is 10.6 Å². The predicted octanol–water partition coefficient (Wildman–Crippen LogP) is 0.804. The van der Waals surface area contributed by atoms with Crippen LogP contribution >= 0.6 is 0 Å². The highest BCUT2D eigenvalue weighted by Gasteiger charge is 2.09. The molecule has 1 aromatic heterocycles. The lowest BCUT2D eigenvalue weighted by Gasteiger charge is -2.20. The standard InChI is InChI=1S/C11H20N4O/c1-11(2,3)13-5-4-10(16)12-6-9-7-14-15-8-9/h7-8,13H,4-6H2,1-3H3,(H,12,16)(H,14,15). The van der Waals surface area contributed by atoms with Crippen LogP contribution in [0.2, 0.25) is 0 Å². The zero-order chi connectivity index (χ0) is 12.0. The van der Waals surface area contributed by atoms with Gasteiger partial charge >= 0.3 is 0 Å². The maximum Gasteiger partial charge on any atom is 0.221 e. The SMILES string of the molecule is CC(C)(C)NCCC(=O)NCc1cn[nH]c1. The first-order valence-corrected chi connectivity index (χ1v) is 5.47. The third-order valence-electron chi connectivity index (χ3n) is 2.05. The molecule has 0 unspecified atom stereocenters. The summed E-state index contributed by atoms with van der Waals surface area (Å²) in [6.07, 6.45) is 3.97. The van der Waals surface area contributed by atoms with E-state index in [9.17, 15) is 4.79 Å². The van der Waals surface area contributed by atoms with Crippen LogP contribution in [0.15, 0.2) is 12.4 Å². The van der Waals surface area contributed by atoms with Crippen LogP contribution in [0.4, 0.5) is 0 Å². The Bertz CT molecular complexity index is 313. The Hall–Kier alpha value is -1.36. The van der Waals surface area contributed by atoms with Crippen molar-refractivity contribution in [3.63, 3.8) is 0 Å². The second kappa shape index (κ2) is 5.65. The van der Waals surface area contributed by atoms with Crippen molar-refractivity contribution in [1.82, 2.24) is 20.8 Å². The van der Waals surface area contributed by atoms with E-state index in [0.717, 1.165) is 5.56 Å². The topological polar surface area (TPSA) is 69.8 Å². The number of hydrogen-bond donors (Lipinski definition) is 3. The highest BCUT2D eigenvalue weighted by atomic mass is 16.1. The monoisotopic (exact) mass is 224 g/mol. The molecule has 3 N–H and O–H groups in total. The highest BCUT2D eigenvalue weighted by molar-refractivity contribution is 5.76. The van der Waals surface area contributed by atoms with Gasteiger partial charge in [-0.05, 0) is 20.8 Å². The molecule has 5 heteroatoms. The minimum atomic E-state index is 0.0537. The molecule has 0 aliphatic heterocycles. The molecular formula is C11H20N4O. The number of rotatable bonds is 5. The highest BCUT2D eigenvalue weighted by Crippen LogP contribution is 1.98. The first-order valence-electron chi connectivity index (χ1n) is 5.47. The predicted molar refractivity (Wildman–Crippen MR) is 62.8 cm³/mol. The maximum absolute atomic E-state index is 11.4. The van der Waals surface area contributed by atoms with Gasteiger partial charge in [0.05, 0.1) is 6.20 Å². The van der Waals surface area contributed by atoms with Crippen LogP contribution in [0.5, 0.6) is 0 Å². The molecular weight excluding hydrogens is 204 g/mol. The first-order chi connectivity index (χ1) is 7.47. The summed E-state index contributed by atoms with van der Waals surface area (Å²) in [5.74, 6) is 0.0537. The Kier molecular flexibility index (Phi) is 4.49. The summed E-state index contributed by atoms with van der Waals surface area (Å²) >= 11 is 0. The van der Waals surface area contributed by atoms with Crippen LogP contribution in [0.3, 0.4) is 0 Å². The molecule has 0 atom stereocenters. The minimum absolute atomic E-state index is 0.0537. The third kappa shape index (κ3) is 5.50. The largest absolute Gasteiger partial charge is 0.352 e. The molecule has 0 aromatic carbocycles. The number of H-pyrrole nitrogens is 1. The van der Waals surface area contributed by atoms with Crippen LogP contribution in [0.25, 0.3) is 0 Å². The zero-order valence-electron chi connectivity index (χ0n) is 10.1. The van der Waals surface area contributed by atoms with Gasteiger partial charge in [-0.15, -0.1) is 0 Å². The van der Waals surface area contributed by atoms with Crippen molar-refractivity contribution >= 4 is 5.91 Å². The first kappa shape index (κ1) is 12.7. The average Bonchev–Trinajstić information content (AvgIpc) is 2.65. The molecule has 1 rings (SSSR count). The molecule has 1 aromatic rings. The molecule has 0 bridgehead atoms. The van der Waals surface area contributed by atoms with E-state index in [1.165, 1.54) is 0 Å². The van der Waals surface area contributed by atoms with E-state index >= 15 is 0 Å². The van der Waals surface area contributed by atoms with E-state index in [1.54, 1.807) is 12.4 Å². The molecule has 0 radical (unpaired) electrons. The lowest BCUT2D eigenvalue weighted by atomic mass is 10.1. The molecule has 5 nitrogen and oxygen atoms in total. The summed E-state index contributed by atoms with van der Waals surface area (Å²) in [7, 11) is 0. The molecule has 0 saturated carbocycles. The molecule has 0 aliphatic rings. The second-order valence-corrected chi connectivity index (χ2v) is 4.81. The molecule has 1 heterocycles. The average molecular weight is 224 g/mol. The van der Waals surface area contributed by atoms with Gasteiger partial charge < -0.3 is 10.6 Å². The number of nitrogens with zero attached hydrogens (tertiary/aromatic N) is 1. The van der Waals surface area contributed by atoms with Crippen LogP contribution in [-0.4, -0.2) is 28.2 Å². The van der Waals surface area contributed by atoms with Crippen molar-refractivity contribution in [3.05, 3.63) is 18.0 Å². The van der Waals surface area contributed by atoms with Gasteiger partial charge in [-0.25, -0.2) is 0 Å². The van der Waals surface area contributed by atoms with Gasteiger partial charge in [0.25, 0.3) is 0 Å². The van der Waals surface area contributed by atoms with E-state index in [-0.39, 0.29) is 11.4 Å². The number of aromatic amines is 1. The molecule has 90 valence electrons. The smallest absolute Gasteiger partial charge is 0.221 e. The van der Waals surface area contributed by atoms with E-state index < -0.39 is 0 Å². The van der Waals surface area contributed by atoms with Crippen LogP contribution in [0, 0.1) is 0 Å². The van der Waals surface area contributed by atoms with Gasteiger partial charge in [-0.1, -0.05) is 0 Å². The van der Waals surface area contributed by atoms with Crippen LogP contribution in [0.1, 0.15) is 32.8 Å². The number of amides is 1. The van der Waals surface area contributed by atoms with Crippen molar-refractivity contribution < 1.29 is 4.79 Å². The molecule has 0 fully saturated rings. The Morgan fingerprint density at radius 3 is 2.81 bits per heavy atom. The van der Waals surface area contributed by atoms with E-state index in [4.69, 9.17) is 0 Å². The Labute approximate surface area is 96.0 Å². The summed E-state index contributed by atoms with van der Waals surface area (Å²) in [5, 5.41) is 12.6. The van der Waals surface area contributed by atoms with Gasteiger partial charge in [0, 0.05) is 36.8 Å². The molecule has 0 spiro atoms. The second-order valence-electron chi connectivity index (χ2n) is 4.81. The van der Waals surface area contributed by atoms with E-state index in [2.05, 4.69) is 41.6 Å². The van der Waals surface area contributed by atoms with Crippen molar-refractivity contribution in [2.75, 3.05) is 6.54 Å². The number of nitrogens with one attached hydrogen (secondary N) is 3. The number of hydrogen-bond acceptors (Lipinski definition) is 3. The summed E-state index contributed by atoms with van der Waals surface area (Å²) in [4.78, 5) is 11.4. The minimum Gasteiger partial charge on any atom is -0.352 e. The molecule has 0 aliphatic carbocycles. The molecule has 0 saturated heterocycles. The Balaban J connectivity index is 2.12. The van der Waals surface area contributed by atoms with E-state index in [0.29, 0.717) is 19.5 Å². The Morgan fingerprint density at radius 2 is 2.25 bits per heavy atom. The summed E-state index contributed by atoms with van der Waals surface area (Å²) in [6.45, 7) is 7.47. The van der Waals surface area contributed by atoms with Gasteiger partial charge in [0.1, 0.15) is 0 Å². The van der Waals surface area contributed by atoms with Crippen molar-refractivity contribution in [2.24, 2.45) is 0 Å².